The van der Waals surface area contributed by atoms with Gasteiger partial charge in [0.1, 0.15) is 0 Å². The van der Waals surface area contributed by atoms with Crippen LogP contribution in [0.15, 0.2) is 6.07 Å². The maximum atomic E-state index is 12.7. The topological polar surface area (TPSA) is 73.1 Å². The molecule has 112 valence electrons. The van der Waals surface area contributed by atoms with E-state index in [2.05, 4.69) is 21.2 Å². The third-order valence-electron chi connectivity index (χ3n) is 3.89. The van der Waals surface area contributed by atoms with Crippen LogP contribution in [-0.2, 0) is 6.42 Å². The van der Waals surface area contributed by atoms with Crippen molar-refractivity contribution in [2.45, 2.75) is 33.2 Å². The van der Waals surface area contributed by atoms with Crippen LogP contribution in [0.4, 0.5) is 0 Å². The van der Waals surface area contributed by atoms with Crippen molar-refractivity contribution in [3.05, 3.63) is 23.0 Å². The minimum Gasteiger partial charge on any atom is -0.336 e. The van der Waals surface area contributed by atoms with Crippen molar-refractivity contribution >= 4 is 5.91 Å². The Labute approximate surface area is 125 Å². The highest BCUT2D eigenvalue weighted by molar-refractivity contribution is 5.95. The number of rotatable bonds is 3. The second-order valence-electron chi connectivity index (χ2n) is 5.33. The largest absolute Gasteiger partial charge is 0.336 e. The normalized spacial score (nSPS) is 17.3. The van der Waals surface area contributed by atoms with Gasteiger partial charge in [0.05, 0.1) is 29.1 Å². The molecule has 0 aliphatic carbocycles. The molecule has 0 radical (unpaired) electrons. The maximum absolute atomic E-state index is 12.7. The lowest BCUT2D eigenvalue weighted by Gasteiger charge is -2.36. The number of amides is 1. The molecule has 1 aromatic rings. The molecule has 1 amide bonds. The molecular formula is C15H21N5O. The molecular weight excluding hydrogens is 266 g/mol. The van der Waals surface area contributed by atoms with E-state index in [1.807, 2.05) is 31.7 Å². The first-order valence-corrected chi connectivity index (χ1v) is 7.33. The highest BCUT2D eigenvalue weighted by Crippen LogP contribution is 2.14. The number of hydrogen-bond acceptors (Lipinski definition) is 5. The molecule has 0 aromatic carbocycles. The van der Waals surface area contributed by atoms with Gasteiger partial charge in [-0.15, -0.1) is 0 Å². The van der Waals surface area contributed by atoms with E-state index in [1.54, 1.807) is 0 Å². The molecule has 1 aliphatic heterocycles. The van der Waals surface area contributed by atoms with Crippen LogP contribution >= 0.6 is 0 Å². The number of nitriles is 1. The Balaban J connectivity index is 2.09. The average Bonchev–Trinajstić information content (AvgIpc) is 2.53. The molecule has 6 nitrogen and oxygen atoms in total. The Morgan fingerprint density at radius 2 is 2.05 bits per heavy atom. The van der Waals surface area contributed by atoms with Gasteiger partial charge in [0.2, 0.25) is 0 Å². The van der Waals surface area contributed by atoms with E-state index in [-0.39, 0.29) is 11.9 Å². The van der Waals surface area contributed by atoms with E-state index < -0.39 is 0 Å². The van der Waals surface area contributed by atoms with Crippen molar-refractivity contribution < 1.29 is 4.79 Å². The minimum atomic E-state index is -0.0988. The summed E-state index contributed by atoms with van der Waals surface area (Å²) in [5.41, 5.74) is 2.16. The fourth-order valence-electron chi connectivity index (χ4n) is 2.52. The highest BCUT2D eigenvalue weighted by atomic mass is 16.2. The SMILES string of the molecule is CCc1nnc(C)cc1C(=O)N1CCN(C(C)C#N)CC1. The van der Waals surface area contributed by atoms with Gasteiger partial charge >= 0.3 is 0 Å². The zero-order valence-corrected chi connectivity index (χ0v) is 12.8. The second kappa shape index (κ2) is 6.64. The molecule has 1 fully saturated rings. The van der Waals surface area contributed by atoms with Gasteiger partial charge < -0.3 is 4.90 Å². The smallest absolute Gasteiger partial charge is 0.255 e. The molecule has 21 heavy (non-hydrogen) atoms. The highest BCUT2D eigenvalue weighted by Gasteiger charge is 2.26. The second-order valence-corrected chi connectivity index (χ2v) is 5.33. The lowest BCUT2D eigenvalue weighted by atomic mass is 10.1. The van der Waals surface area contributed by atoms with Crippen LogP contribution in [0.3, 0.4) is 0 Å². The third-order valence-corrected chi connectivity index (χ3v) is 3.89. The lowest BCUT2D eigenvalue weighted by molar-refractivity contribution is 0.0613. The summed E-state index contributed by atoms with van der Waals surface area (Å²) in [6.07, 6.45) is 0.694. The number of aromatic nitrogens is 2. The van der Waals surface area contributed by atoms with E-state index in [1.165, 1.54) is 0 Å². The molecule has 0 bridgehead atoms. The number of carbonyl (C=O) groups is 1. The Kier molecular flexibility index (Phi) is 4.86. The summed E-state index contributed by atoms with van der Waals surface area (Å²) in [6.45, 7) is 8.48. The first kappa shape index (κ1) is 15.4. The van der Waals surface area contributed by atoms with Gasteiger partial charge in [0.15, 0.2) is 0 Å². The van der Waals surface area contributed by atoms with Crippen LogP contribution in [0.1, 0.15) is 35.6 Å². The molecule has 0 saturated carbocycles. The Hall–Kier alpha value is -2.00. The molecule has 6 heteroatoms. The summed E-state index contributed by atoms with van der Waals surface area (Å²) in [6, 6.07) is 3.96. The first-order valence-electron chi connectivity index (χ1n) is 7.33. The Morgan fingerprint density at radius 1 is 1.38 bits per heavy atom. The summed E-state index contributed by atoms with van der Waals surface area (Å²) in [5.74, 6) is 0.0223. The lowest BCUT2D eigenvalue weighted by Crippen LogP contribution is -2.51. The van der Waals surface area contributed by atoms with Crippen LogP contribution in [0.25, 0.3) is 0 Å². The van der Waals surface area contributed by atoms with E-state index in [4.69, 9.17) is 5.26 Å². The van der Waals surface area contributed by atoms with Crippen LogP contribution in [0.2, 0.25) is 0 Å². The number of nitrogens with zero attached hydrogens (tertiary/aromatic N) is 5. The number of piperazine rings is 1. The monoisotopic (exact) mass is 287 g/mol. The van der Waals surface area contributed by atoms with Gasteiger partial charge in [0, 0.05) is 26.2 Å². The van der Waals surface area contributed by atoms with Crippen molar-refractivity contribution in [3.63, 3.8) is 0 Å². The van der Waals surface area contributed by atoms with Crippen molar-refractivity contribution in [1.82, 2.24) is 20.0 Å². The number of aryl methyl sites for hydroxylation is 2. The van der Waals surface area contributed by atoms with Gasteiger partial charge in [-0.3, -0.25) is 9.69 Å². The van der Waals surface area contributed by atoms with E-state index in [0.29, 0.717) is 25.1 Å². The molecule has 2 rings (SSSR count). The maximum Gasteiger partial charge on any atom is 0.255 e. The molecule has 2 heterocycles. The first-order chi connectivity index (χ1) is 10.1. The van der Waals surface area contributed by atoms with E-state index in [0.717, 1.165) is 24.5 Å². The summed E-state index contributed by atoms with van der Waals surface area (Å²) in [4.78, 5) is 16.6. The van der Waals surface area contributed by atoms with Crippen molar-refractivity contribution in [2.75, 3.05) is 26.2 Å². The fourth-order valence-corrected chi connectivity index (χ4v) is 2.52. The molecule has 1 saturated heterocycles. The summed E-state index contributed by atoms with van der Waals surface area (Å²) in [5, 5.41) is 17.1. The fraction of sp³-hybridized carbons (Fsp3) is 0.600. The predicted octanol–water partition coefficient (Wildman–Crippen LogP) is 1.02. The molecule has 1 aromatic heterocycles. The van der Waals surface area contributed by atoms with Crippen molar-refractivity contribution in [2.24, 2.45) is 0 Å². The molecule has 0 N–H and O–H groups in total. The summed E-state index contributed by atoms with van der Waals surface area (Å²) >= 11 is 0. The number of carbonyl (C=O) groups excluding carboxylic acids is 1. The molecule has 1 unspecified atom stereocenters. The van der Waals surface area contributed by atoms with Crippen LogP contribution in [-0.4, -0.2) is 58.1 Å². The standard InChI is InChI=1S/C15H21N5O/c1-4-14-13(9-11(2)17-18-14)15(21)20-7-5-19(6-8-20)12(3)10-16/h9,12H,4-8H2,1-3H3. The molecule has 1 aliphatic rings. The van der Waals surface area contributed by atoms with Crippen molar-refractivity contribution in [3.8, 4) is 6.07 Å². The molecule has 0 spiro atoms. The van der Waals surface area contributed by atoms with E-state index in [9.17, 15) is 4.79 Å². The Morgan fingerprint density at radius 3 is 2.62 bits per heavy atom. The van der Waals surface area contributed by atoms with Gasteiger partial charge in [-0.2, -0.15) is 15.5 Å². The predicted molar refractivity (Wildman–Crippen MR) is 78.7 cm³/mol. The Bertz CT molecular complexity index is 558. The van der Waals surface area contributed by atoms with Crippen LogP contribution in [0, 0.1) is 18.3 Å². The zero-order valence-electron chi connectivity index (χ0n) is 12.8. The van der Waals surface area contributed by atoms with Crippen molar-refractivity contribution in [1.29, 1.82) is 5.26 Å². The van der Waals surface area contributed by atoms with Gasteiger partial charge in [-0.1, -0.05) is 6.92 Å². The van der Waals surface area contributed by atoms with Crippen LogP contribution < -0.4 is 0 Å². The molecule has 1 atom stereocenters. The van der Waals surface area contributed by atoms with Gasteiger partial charge in [-0.25, -0.2) is 0 Å². The third kappa shape index (κ3) is 3.37. The van der Waals surface area contributed by atoms with E-state index >= 15 is 0 Å². The quantitative estimate of drug-likeness (QED) is 0.830. The van der Waals surface area contributed by atoms with Gasteiger partial charge in [0.25, 0.3) is 5.91 Å². The van der Waals surface area contributed by atoms with Crippen LogP contribution in [0.5, 0.6) is 0 Å². The summed E-state index contributed by atoms with van der Waals surface area (Å²) in [7, 11) is 0. The number of hydrogen-bond donors (Lipinski definition) is 0. The average molecular weight is 287 g/mol. The zero-order chi connectivity index (χ0) is 15.4. The summed E-state index contributed by atoms with van der Waals surface area (Å²) < 4.78 is 0. The minimum absolute atomic E-state index is 0.0223. The van der Waals surface area contributed by atoms with Gasteiger partial charge in [-0.05, 0) is 26.3 Å².